The number of hydrogen-bond donors (Lipinski definition) is 0. The van der Waals surface area contributed by atoms with Crippen LogP contribution in [0, 0.1) is 0 Å². The number of amides is 1. The number of methoxy groups -OCH3 is 2. The van der Waals surface area contributed by atoms with Gasteiger partial charge in [-0.25, -0.2) is 4.98 Å². The van der Waals surface area contributed by atoms with Crippen LogP contribution in [0.2, 0.25) is 0 Å². The van der Waals surface area contributed by atoms with Crippen molar-refractivity contribution in [2.45, 2.75) is 6.54 Å². The van der Waals surface area contributed by atoms with Gasteiger partial charge in [0, 0.05) is 11.0 Å². The number of fused-ring (bicyclic) bond motifs is 1. The van der Waals surface area contributed by atoms with Crippen molar-refractivity contribution < 1.29 is 14.3 Å². The Balaban J connectivity index is 1.75. The lowest BCUT2D eigenvalue weighted by Crippen LogP contribution is -2.28. The predicted octanol–water partition coefficient (Wildman–Crippen LogP) is 5.62. The first kappa shape index (κ1) is 20.1. The molecule has 0 aliphatic rings. The van der Waals surface area contributed by atoms with Crippen molar-refractivity contribution in [3.63, 3.8) is 0 Å². The van der Waals surface area contributed by atoms with E-state index in [0.29, 0.717) is 28.7 Å². The Hall–Kier alpha value is -3.16. The van der Waals surface area contributed by atoms with Gasteiger partial charge in [0.1, 0.15) is 21.7 Å². The Morgan fingerprint density at radius 1 is 1.03 bits per heavy atom. The van der Waals surface area contributed by atoms with E-state index >= 15 is 0 Å². The predicted molar refractivity (Wildman–Crippen MR) is 124 cm³/mol. The van der Waals surface area contributed by atoms with E-state index in [9.17, 15) is 4.79 Å². The zero-order valence-electron chi connectivity index (χ0n) is 16.6. The van der Waals surface area contributed by atoms with Gasteiger partial charge in [-0.2, -0.15) is 0 Å². The number of thiophene rings is 1. The van der Waals surface area contributed by atoms with Gasteiger partial charge in [0.15, 0.2) is 5.13 Å². The standard InChI is InChI=1S/C23H20N2O3S2/c1-27-18-11-12-19(28-2)22-21(18)24-23(30-22)25(15-16-7-4-3-5-8-16)20(26)13-10-17-9-6-14-29-17/h3-14H,15H2,1-2H3/b13-10+. The molecule has 0 unspecified atom stereocenters. The number of nitrogens with zero attached hydrogens (tertiary/aromatic N) is 2. The number of rotatable bonds is 7. The van der Waals surface area contributed by atoms with Crippen molar-refractivity contribution in [2.24, 2.45) is 0 Å². The van der Waals surface area contributed by atoms with Gasteiger partial charge < -0.3 is 9.47 Å². The summed E-state index contributed by atoms with van der Waals surface area (Å²) in [6.45, 7) is 0.416. The van der Waals surface area contributed by atoms with E-state index in [1.807, 2.05) is 66.1 Å². The molecule has 2 aromatic heterocycles. The zero-order valence-corrected chi connectivity index (χ0v) is 18.2. The molecule has 2 heterocycles. The molecule has 0 aliphatic heterocycles. The van der Waals surface area contributed by atoms with Crippen molar-refractivity contribution in [3.8, 4) is 11.5 Å². The average Bonchev–Trinajstić information content (AvgIpc) is 3.46. The first-order valence-corrected chi connectivity index (χ1v) is 11.0. The van der Waals surface area contributed by atoms with E-state index < -0.39 is 0 Å². The molecule has 0 saturated heterocycles. The molecule has 0 radical (unpaired) electrons. The van der Waals surface area contributed by atoms with Crippen molar-refractivity contribution in [2.75, 3.05) is 19.1 Å². The second kappa shape index (κ2) is 9.11. The minimum Gasteiger partial charge on any atom is -0.495 e. The summed E-state index contributed by atoms with van der Waals surface area (Å²) in [7, 11) is 3.23. The molecule has 30 heavy (non-hydrogen) atoms. The van der Waals surface area contributed by atoms with Crippen LogP contribution in [0.25, 0.3) is 16.3 Å². The molecule has 4 rings (SSSR count). The summed E-state index contributed by atoms with van der Waals surface area (Å²) < 4.78 is 11.8. The smallest absolute Gasteiger partial charge is 0.253 e. The summed E-state index contributed by atoms with van der Waals surface area (Å²) in [4.78, 5) is 20.6. The fourth-order valence-corrected chi connectivity index (χ4v) is 4.72. The van der Waals surface area contributed by atoms with E-state index in [1.54, 1.807) is 36.5 Å². The maximum Gasteiger partial charge on any atom is 0.253 e. The minimum absolute atomic E-state index is 0.135. The molecule has 152 valence electrons. The van der Waals surface area contributed by atoms with Crippen LogP contribution in [0.5, 0.6) is 11.5 Å². The van der Waals surface area contributed by atoms with E-state index in [-0.39, 0.29) is 5.91 Å². The number of hydrogen-bond acceptors (Lipinski definition) is 6. The summed E-state index contributed by atoms with van der Waals surface area (Å²) >= 11 is 3.00. The van der Waals surface area contributed by atoms with Crippen molar-refractivity contribution >= 4 is 50.0 Å². The Morgan fingerprint density at radius 3 is 2.50 bits per heavy atom. The number of aromatic nitrogens is 1. The van der Waals surface area contributed by atoms with Gasteiger partial charge in [-0.3, -0.25) is 9.69 Å². The molecule has 4 aromatic rings. The third kappa shape index (κ3) is 4.22. The molecule has 7 heteroatoms. The molecule has 2 aromatic carbocycles. The molecule has 0 fully saturated rings. The highest BCUT2D eigenvalue weighted by atomic mass is 32.1. The first-order chi connectivity index (χ1) is 14.7. The highest BCUT2D eigenvalue weighted by molar-refractivity contribution is 7.22. The van der Waals surface area contributed by atoms with Crippen LogP contribution in [0.3, 0.4) is 0 Å². The van der Waals surface area contributed by atoms with Crippen LogP contribution in [0.1, 0.15) is 10.4 Å². The molecular weight excluding hydrogens is 416 g/mol. The largest absolute Gasteiger partial charge is 0.495 e. The van der Waals surface area contributed by atoms with Crippen LogP contribution >= 0.6 is 22.7 Å². The summed E-state index contributed by atoms with van der Waals surface area (Å²) in [5, 5.41) is 2.58. The van der Waals surface area contributed by atoms with E-state index in [0.717, 1.165) is 15.1 Å². The Morgan fingerprint density at radius 2 is 1.80 bits per heavy atom. The van der Waals surface area contributed by atoms with Gasteiger partial charge in [0.25, 0.3) is 5.91 Å². The zero-order chi connectivity index (χ0) is 20.9. The highest BCUT2D eigenvalue weighted by Gasteiger charge is 2.21. The van der Waals surface area contributed by atoms with Gasteiger partial charge in [0.05, 0.1) is 20.8 Å². The maximum absolute atomic E-state index is 13.2. The third-order valence-electron chi connectivity index (χ3n) is 4.51. The van der Waals surface area contributed by atoms with Gasteiger partial charge in [-0.1, -0.05) is 47.7 Å². The Kier molecular flexibility index (Phi) is 6.11. The average molecular weight is 437 g/mol. The SMILES string of the molecule is COc1ccc(OC)c2sc(N(Cc3ccccc3)C(=O)/C=C/c3cccs3)nc12. The third-order valence-corrected chi connectivity index (χ3v) is 6.44. The van der Waals surface area contributed by atoms with Crippen molar-refractivity contribution in [1.29, 1.82) is 0 Å². The van der Waals surface area contributed by atoms with Crippen LogP contribution in [-0.4, -0.2) is 25.1 Å². The van der Waals surface area contributed by atoms with E-state index in [4.69, 9.17) is 14.5 Å². The van der Waals surface area contributed by atoms with Crippen LogP contribution in [-0.2, 0) is 11.3 Å². The van der Waals surface area contributed by atoms with Gasteiger partial charge in [0.2, 0.25) is 0 Å². The number of carbonyl (C=O) groups excluding carboxylic acids is 1. The van der Waals surface area contributed by atoms with Gasteiger partial charge in [-0.15, -0.1) is 11.3 Å². The summed E-state index contributed by atoms with van der Waals surface area (Å²) in [6.07, 6.45) is 3.43. The lowest BCUT2D eigenvalue weighted by Gasteiger charge is -2.18. The van der Waals surface area contributed by atoms with Crippen molar-refractivity contribution in [3.05, 3.63) is 76.5 Å². The van der Waals surface area contributed by atoms with Gasteiger partial charge in [-0.05, 0) is 35.2 Å². The van der Waals surface area contributed by atoms with Crippen molar-refractivity contribution in [1.82, 2.24) is 4.98 Å². The molecule has 1 amide bonds. The summed E-state index contributed by atoms with van der Waals surface area (Å²) in [5.41, 5.74) is 1.71. The number of carbonyl (C=O) groups is 1. The number of thiazole rings is 1. The maximum atomic E-state index is 13.2. The second-order valence-corrected chi connectivity index (χ2v) is 8.36. The second-order valence-electron chi connectivity index (χ2n) is 6.40. The highest BCUT2D eigenvalue weighted by Crippen LogP contribution is 2.40. The topological polar surface area (TPSA) is 51.7 Å². The number of ether oxygens (including phenoxy) is 2. The molecular formula is C23H20N2O3S2. The number of benzene rings is 2. The van der Waals surface area contributed by atoms with Crippen LogP contribution in [0.15, 0.2) is 66.1 Å². The quantitative estimate of drug-likeness (QED) is 0.353. The summed E-state index contributed by atoms with van der Waals surface area (Å²) in [5.74, 6) is 1.22. The molecule has 0 atom stereocenters. The number of anilines is 1. The fraction of sp³-hybridized carbons (Fsp3) is 0.130. The Bertz CT molecular complexity index is 1130. The van der Waals surface area contributed by atoms with E-state index in [2.05, 4.69) is 0 Å². The Labute approximate surface area is 182 Å². The minimum atomic E-state index is -0.135. The monoisotopic (exact) mass is 436 g/mol. The molecule has 0 spiro atoms. The van der Waals surface area contributed by atoms with Gasteiger partial charge >= 0.3 is 0 Å². The first-order valence-electron chi connectivity index (χ1n) is 9.28. The molecule has 0 saturated carbocycles. The lowest BCUT2D eigenvalue weighted by atomic mass is 10.2. The van der Waals surface area contributed by atoms with E-state index in [1.165, 1.54) is 11.3 Å². The summed E-state index contributed by atoms with van der Waals surface area (Å²) in [6, 6.07) is 17.5. The molecule has 5 nitrogen and oxygen atoms in total. The molecule has 0 N–H and O–H groups in total. The van der Waals surface area contributed by atoms with Crippen LogP contribution < -0.4 is 14.4 Å². The lowest BCUT2D eigenvalue weighted by molar-refractivity contribution is -0.114. The fourth-order valence-electron chi connectivity index (χ4n) is 3.03. The molecule has 0 aliphatic carbocycles. The molecule has 0 bridgehead atoms. The normalized spacial score (nSPS) is 11.1. The van der Waals surface area contributed by atoms with Crippen LogP contribution in [0.4, 0.5) is 5.13 Å².